The van der Waals surface area contributed by atoms with E-state index >= 15 is 0 Å². The van der Waals surface area contributed by atoms with Gasteiger partial charge in [-0.3, -0.25) is 15.4 Å². The molecule has 144 valence electrons. The summed E-state index contributed by atoms with van der Waals surface area (Å²) in [5.41, 5.74) is 2.72. The van der Waals surface area contributed by atoms with E-state index in [1.54, 1.807) is 11.0 Å². The first-order chi connectivity index (χ1) is 13.4. The van der Waals surface area contributed by atoms with Crippen LogP contribution in [0.4, 0.5) is 17.3 Å². The summed E-state index contributed by atoms with van der Waals surface area (Å²) in [7, 11) is 1.43. The molecule has 0 aliphatic heterocycles. The molecule has 0 spiro atoms. The van der Waals surface area contributed by atoms with Gasteiger partial charge in [-0.15, -0.1) is 5.10 Å². The summed E-state index contributed by atoms with van der Waals surface area (Å²) in [6, 6.07) is 12.3. The number of nitrogens with zero attached hydrogens (tertiary/aromatic N) is 4. The smallest absolute Gasteiger partial charge is 0.273 e. The maximum atomic E-state index is 10.9. The Morgan fingerprint density at radius 3 is 2.82 bits per heavy atom. The van der Waals surface area contributed by atoms with Crippen LogP contribution in [0.3, 0.4) is 0 Å². The van der Waals surface area contributed by atoms with Gasteiger partial charge in [0.1, 0.15) is 12.1 Å². The van der Waals surface area contributed by atoms with E-state index in [2.05, 4.69) is 26.8 Å². The molecule has 0 bridgehead atoms. The minimum absolute atomic E-state index is 0.0714. The van der Waals surface area contributed by atoms with Crippen molar-refractivity contribution in [3.05, 3.63) is 70.0 Å². The summed E-state index contributed by atoms with van der Waals surface area (Å²) in [5, 5.41) is 21.3. The first-order valence-corrected chi connectivity index (χ1v) is 8.71. The number of nitro groups is 1. The lowest BCUT2D eigenvalue weighted by molar-refractivity contribution is -0.384. The Morgan fingerprint density at radius 2 is 2.11 bits per heavy atom. The molecular weight excluding hydrogens is 380 g/mol. The van der Waals surface area contributed by atoms with Crippen LogP contribution in [0.5, 0.6) is 5.75 Å². The Bertz CT molecular complexity index is 1020. The van der Waals surface area contributed by atoms with Gasteiger partial charge >= 0.3 is 0 Å². The molecule has 0 atom stereocenters. The first kappa shape index (κ1) is 19.2. The number of aryl methyl sites for hydroxylation is 1. The van der Waals surface area contributed by atoms with E-state index in [0.29, 0.717) is 23.9 Å². The molecule has 2 aromatic carbocycles. The van der Waals surface area contributed by atoms with Gasteiger partial charge in [0.05, 0.1) is 30.3 Å². The molecule has 0 radical (unpaired) electrons. The van der Waals surface area contributed by atoms with Crippen LogP contribution in [0.25, 0.3) is 0 Å². The predicted molar refractivity (Wildman–Crippen MR) is 110 cm³/mol. The Morgan fingerprint density at radius 1 is 1.29 bits per heavy atom. The molecule has 1 heterocycles. The number of non-ortho nitro benzene ring substituents is 1. The summed E-state index contributed by atoms with van der Waals surface area (Å²) >= 11 is 5.27. The zero-order valence-electron chi connectivity index (χ0n) is 15.2. The van der Waals surface area contributed by atoms with Crippen LogP contribution in [0.2, 0.25) is 0 Å². The van der Waals surface area contributed by atoms with Gasteiger partial charge in [-0.1, -0.05) is 29.8 Å². The van der Waals surface area contributed by atoms with E-state index in [9.17, 15) is 10.1 Å². The largest absolute Gasteiger partial charge is 0.494 e. The van der Waals surface area contributed by atoms with Crippen molar-refractivity contribution in [3.8, 4) is 5.75 Å². The van der Waals surface area contributed by atoms with Gasteiger partial charge in [0.2, 0.25) is 5.95 Å². The number of nitro benzene ring substituents is 1. The number of nitrogens with one attached hydrogen (secondary N) is 2. The van der Waals surface area contributed by atoms with Crippen LogP contribution in [0.15, 0.2) is 48.8 Å². The zero-order chi connectivity index (χ0) is 20.1. The van der Waals surface area contributed by atoms with Crippen LogP contribution in [0, 0.1) is 17.0 Å². The molecule has 0 amide bonds. The molecular formula is C18H18N6O3S. The maximum Gasteiger partial charge on any atom is 0.273 e. The third-order valence-corrected chi connectivity index (χ3v) is 4.04. The van der Waals surface area contributed by atoms with Crippen molar-refractivity contribution in [3.63, 3.8) is 0 Å². The molecule has 0 unspecified atom stereocenters. The summed E-state index contributed by atoms with van der Waals surface area (Å²) < 4.78 is 6.88. The quantitative estimate of drug-likeness (QED) is 0.370. The minimum Gasteiger partial charge on any atom is -0.494 e. The van der Waals surface area contributed by atoms with Gasteiger partial charge in [0.25, 0.3) is 5.69 Å². The second-order valence-corrected chi connectivity index (χ2v) is 6.38. The van der Waals surface area contributed by atoms with Crippen molar-refractivity contribution in [2.75, 3.05) is 17.7 Å². The zero-order valence-corrected chi connectivity index (χ0v) is 16.1. The molecule has 9 nitrogen and oxygen atoms in total. The normalized spacial score (nSPS) is 10.4. The molecule has 0 saturated carbocycles. The van der Waals surface area contributed by atoms with E-state index in [0.717, 1.165) is 5.56 Å². The van der Waals surface area contributed by atoms with Crippen molar-refractivity contribution in [1.29, 1.82) is 0 Å². The fourth-order valence-electron chi connectivity index (χ4n) is 2.58. The highest BCUT2D eigenvalue weighted by molar-refractivity contribution is 7.80. The standard InChI is InChI=1S/C18H18N6O3S/c1-12-4-3-5-13(8-12)10-23-11-19-17(22-23)21-18(28)20-15-7-6-14(24(25)26)9-16(15)27-2/h3-9,11H,10H2,1-2H3,(H2,20,21,22,28). The van der Waals surface area contributed by atoms with Crippen molar-refractivity contribution >= 4 is 34.7 Å². The lowest BCUT2D eigenvalue weighted by atomic mass is 10.1. The summed E-state index contributed by atoms with van der Waals surface area (Å²) in [5.74, 6) is 0.641. The molecule has 1 aromatic heterocycles. The second-order valence-electron chi connectivity index (χ2n) is 5.98. The molecule has 2 N–H and O–H groups in total. The Labute approximate surface area is 166 Å². The van der Waals surface area contributed by atoms with E-state index in [1.165, 1.54) is 30.9 Å². The number of rotatable bonds is 6. The highest BCUT2D eigenvalue weighted by Gasteiger charge is 2.13. The van der Waals surface area contributed by atoms with E-state index in [4.69, 9.17) is 17.0 Å². The highest BCUT2D eigenvalue weighted by Crippen LogP contribution is 2.29. The Kier molecular flexibility index (Phi) is 5.80. The molecule has 0 aliphatic carbocycles. The lowest BCUT2D eigenvalue weighted by Crippen LogP contribution is -2.20. The molecule has 10 heteroatoms. The number of hydrogen-bond acceptors (Lipinski definition) is 6. The maximum absolute atomic E-state index is 10.9. The molecule has 0 fully saturated rings. The average Bonchev–Trinajstić information content (AvgIpc) is 3.08. The van der Waals surface area contributed by atoms with Gasteiger partial charge in [-0.25, -0.2) is 9.67 Å². The summed E-state index contributed by atoms with van der Waals surface area (Å²) in [4.78, 5) is 14.6. The fraction of sp³-hybridized carbons (Fsp3) is 0.167. The third kappa shape index (κ3) is 4.80. The van der Waals surface area contributed by atoms with Crippen LogP contribution in [-0.4, -0.2) is 31.9 Å². The molecule has 0 saturated heterocycles. The minimum atomic E-state index is -0.492. The van der Waals surface area contributed by atoms with E-state index < -0.39 is 4.92 Å². The van der Waals surface area contributed by atoms with Gasteiger partial charge in [0, 0.05) is 6.07 Å². The van der Waals surface area contributed by atoms with Crippen molar-refractivity contribution < 1.29 is 9.66 Å². The van der Waals surface area contributed by atoms with E-state index in [-0.39, 0.29) is 10.8 Å². The van der Waals surface area contributed by atoms with Gasteiger partial charge in [-0.2, -0.15) is 0 Å². The Hall–Kier alpha value is -3.53. The van der Waals surface area contributed by atoms with Crippen LogP contribution in [-0.2, 0) is 6.54 Å². The van der Waals surface area contributed by atoms with Gasteiger partial charge in [-0.05, 0) is 30.8 Å². The number of anilines is 2. The summed E-state index contributed by atoms with van der Waals surface area (Å²) in [6.07, 6.45) is 1.61. The Balaban J connectivity index is 1.64. The number of ether oxygens (including phenoxy) is 1. The molecule has 28 heavy (non-hydrogen) atoms. The number of methoxy groups -OCH3 is 1. The second kappa shape index (κ2) is 8.44. The average molecular weight is 398 g/mol. The highest BCUT2D eigenvalue weighted by atomic mass is 32.1. The first-order valence-electron chi connectivity index (χ1n) is 8.30. The van der Waals surface area contributed by atoms with Crippen molar-refractivity contribution in [1.82, 2.24) is 14.8 Å². The van der Waals surface area contributed by atoms with Crippen LogP contribution < -0.4 is 15.4 Å². The number of thiocarbonyl (C=S) groups is 1. The van der Waals surface area contributed by atoms with Crippen molar-refractivity contribution in [2.24, 2.45) is 0 Å². The number of aromatic nitrogens is 3. The fourth-order valence-corrected chi connectivity index (χ4v) is 2.78. The summed E-state index contributed by atoms with van der Waals surface area (Å²) in [6.45, 7) is 2.63. The SMILES string of the molecule is COc1cc([N+](=O)[O-])ccc1NC(=S)Nc1ncn(Cc2cccc(C)c2)n1. The van der Waals surface area contributed by atoms with Crippen molar-refractivity contribution in [2.45, 2.75) is 13.5 Å². The molecule has 3 aromatic rings. The van der Waals surface area contributed by atoms with Gasteiger partial charge in [0.15, 0.2) is 5.11 Å². The topological polar surface area (TPSA) is 107 Å². The lowest BCUT2D eigenvalue weighted by Gasteiger charge is -2.11. The van der Waals surface area contributed by atoms with Crippen LogP contribution in [0.1, 0.15) is 11.1 Å². The predicted octanol–water partition coefficient (Wildman–Crippen LogP) is 3.36. The van der Waals surface area contributed by atoms with Gasteiger partial charge < -0.3 is 10.1 Å². The monoisotopic (exact) mass is 398 g/mol. The third-order valence-electron chi connectivity index (χ3n) is 3.83. The van der Waals surface area contributed by atoms with Crippen LogP contribution >= 0.6 is 12.2 Å². The molecule has 3 rings (SSSR count). The number of hydrogen-bond donors (Lipinski definition) is 2. The van der Waals surface area contributed by atoms with E-state index in [1.807, 2.05) is 25.1 Å². The number of benzene rings is 2. The molecule has 0 aliphatic rings.